The van der Waals surface area contributed by atoms with Crippen molar-refractivity contribution >= 4 is 17.4 Å². The Morgan fingerprint density at radius 1 is 1.00 bits per heavy atom. The number of hydrogen-bond donors (Lipinski definition) is 0. The van der Waals surface area contributed by atoms with Crippen LogP contribution in [0.15, 0.2) is 42.6 Å². The van der Waals surface area contributed by atoms with Crippen LogP contribution in [0.4, 0.5) is 11.5 Å². The predicted octanol–water partition coefficient (Wildman–Crippen LogP) is 3.97. The zero-order valence-electron chi connectivity index (χ0n) is 15.5. The lowest BCUT2D eigenvalue weighted by molar-refractivity contribution is -0.122. The van der Waals surface area contributed by atoms with Gasteiger partial charge in [0.2, 0.25) is 5.91 Å². The molecule has 3 heterocycles. The number of para-hydroxylation sites is 1. The molecule has 0 spiro atoms. The Kier molecular flexibility index (Phi) is 5.02. The van der Waals surface area contributed by atoms with Gasteiger partial charge in [-0.05, 0) is 81.9 Å². The topological polar surface area (TPSA) is 36.4 Å². The standard InChI is InChI=1S/C22H27N3O/c1-24-15-5-9-19(10-6-16-24)22(26)25-20-11-3-2-7-17(20)12-13-18-8-4-14-23-21(18)25/h2-4,7-8,11,14,19H,5-6,9-10,12-13,15-16H2,1H3. The van der Waals surface area contributed by atoms with E-state index >= 15 is 0 Å². The molecule has 1 fully saturated rings. The van der Waals surface area contributed by atoms with E-state index in [1.54, 1.807) is 6.20 Å². The van der Waals surface area contributed by atoms with Crippen molar-refractivity contribution in [3.8, 4) is 0 Å². The summed E-state index contributed by atoms with van der Waals surface area (Å²) in [6, 6.07) is 12.4. The number of likely N-dealkylation sites (tertiary alicyclic amines) is 1. The van der Waals surface area contributed by atoms with Crippen LogP contribution in [0.25, 0.3) is 0 Å². The monoisotopic (exact) mass is 349 g/mol. The van der Waals surface area contributed by atoms with Gasteiger partial charge in [0.25, 0.3) is 0 Å². The lowest BCUT2D eigenvalue weighted by atomic mass is 9.93. The molecule has 0 radical (unpaired) electrons. The Morgan fingerprint density at radius 3 is 2.50 bits per heavy atom. The second-order valence-corrected chi connectivity index (χ2v) is 7.57. The molecule has 1 saturated heterocycles. The Labute approximate surface area is 155 Å². The molecule has 0 N–H and O–H groups in total. The smallest absolute Gasteiger partial charge is 0.235 e. The van der Waals surface area contributed by atoms with Crippen LogP contribution < -0.4 is 4.90 Å². The van der Waals surface area contributed by atoms with Crippen LogP contribution in [0.3, 0.4) is 0 Å². The van der Waals surface area contributed by atoms with E-state index in [-0.39, 0.29) is 11.8 Å². The summed E-state index contributed by atoms with van der Waals surface area (Å²) >= 11 is 0. The minimum atomic E-state index is 0.0877. The molecule has 0 saturated carbocycles. The lowest BCUT2D eigenvalue weighted by Crippen LogP contribution is -2.36. The number of aromatic nitrogens is 1. The van der Waals surface area contributed by atoms with Gasteiger partial charge in [-0.15, -0.1) is 0 Å². The molecule has 0 bridgehead atoms. The molecule has 1 aromatic heterocycles. The van der Waals surface area contributed by atoms with E-state index in [0.29, 0.717) is 0 Å². The summed E-state index contributed by atoms with van der Waals surface area (Å²) < 4.78 is 0. The van der Waals surface area contributed by atoms with E-state index < -0.39 is 0 Å². The third-order valence-corrected chi connectivity index (χ3v) is 5.73. The number of anilines is 2. The van der Waals surface area contributed by atoms with Crippen molar-refractivity contribution in [3.05, 3.63) is 53.7 Å². The zero-order valence-corrected chi connectivity index (χ0v) is 15.5. The molecule has 1 aromatic carbocycles. The summed E-state index contributed by atoms with van der Waals surface area (Å²) in [5.74, 6) is 1.15. The second kappa shape index (κ2) is 7.58. The first-order valence-corrected chi connectivity index (χ1v) is 9.78. The van der Waals surface area contributed by atoms with Crippen LogP contribution in [0, 0.1) is 5.92 Å². The van der Waals surface area contributed by atoms with Gasteiger partial charge in [-0.25, -0.2) is 4.98 Å². The van der Waals surface area contributed by atoms with Gasteiger partial charge in [0.15, 0.2) is 0 Å². The van der Waals surface area contributed by atoms with Crippen LogP contribution in [0.1, 0.15) is 36.8 Å². The number of fused-ring (bicyclic) bond motifs is 2. The molecule has 0 atom stereocenters. The maximum absolute atomic E-state index is 13.7. The number of benzene rings is 1. The van der Waals surface area contributed by atoms with Crippen molar-refractivity contribution < 1.29 is 4.79 Å². The van der Waals surface area contributed by atoms with Crippen molar-refractivity contribution in [3.63, 3.8) is 0 Å². The Balaban J connectivity index is 1.71. The first-order valence-electron chi connectivity index (χ1n) is 9.78. The fourth-order valence-electron chi connectivity index (χ4n) is 4.27. The van der Waals surface area contributed by atoms with E-state index in [1.807, 2.05) is 17.0 Å². The van der Waals surface area contributed by atoms with Gasteiger partial charge in [0.05, 0.1) is 5.69 Å². The Hall–Kier alpha value is -2.20. The highest BCUT2D eigenvalue weighted by molar-refractivity contribution is 6.02. The molecule has 4 rings (SSSR count). The van der Waals surface area contributed by atoms with Gasteiger partial charge in [-0.2, -0.15) is 0 Å². The minimum absolute atomic E-state index is 0.0877. The zero-order chi connectivity index (χ0) is 17.9. The second-order valence-electron chi connectivity index (χ2n) is 7.57. The molecule has 2 aromatic rings. The van der Waals surface area contributed by atoms with Crippen molar-refractivity contribution in [1.82, 2.24) is 9.88 Å². The summed E-state index contributed by atoms with van der Waals surface area (Å²) in [4.78, 5) is 22.6. The fraction of sp³-hybridized carbons (Fsp3) is 0.455. The van der Waals surface area contributed by atoms with Gasteiger partial charge in [-0.1, -0.05) is 24.3 Å². The number of carbonyl (C=O) groups is 1. The highest BCUT2D eigenvalue weighted by atomic mass is 16.2. The Morgan fingerprint density at radius 2 is 1.69 bits per heavy atom. The first-order chi connectivity index (χ1) is 12.7. The van der Waals surface area contributed by atoms with Crippen LogP contribution in [-0.4, -0.2) is 35.9 Å². The fourth-order valence-corrected chi connectivity index (χ4v) is 4.27. The first kappa shape index (κ1) is 17.2. The van der Waals surface area contributed by atoms with Crippen LogP contribution >= 0.6 is 0 Å². The molecule has 4 heteroatoms. The molecule has 26 heavy (non-hydrogen) atoms. The molecular weight excluding hydrogens is 322 g/mol. The molecule has 4 nitrogen and oxygen atoms in total. The number of pyridine rings is 1. The van der Waals surface area contributed by atoms with Crippen molar-refractivity contribution in [2.75, 3.05) is 25.0 Å². The van der Waals surface area contributed by atoms with E-state index in [9.17, 15) is 4.79 Å². The number of carbonyl (C=O) groups excluding carboxylic acids is 1. The van der Waals surface area contributed by atoms with Crippen molar-refractivity contribution in [1.29, 1.82) is 0 Å². The number of rotatable bonds is 1. The highest BCUT2D eigenvalue weighted by Gasteiger charge is 2.31. The molecular formula is C22H27N3O. The van der Waals surface area contributed by atoms with Gasteiger partial charge in [0, 0.05) is 12.1 Å². The number of hydrogen-bond acceptors (Lipinski definition) is 3. The summed E-state index contributed by atoms with van der Waals surface area (Å²) in [6.07, 6.45) is 7.77. The average Bonchev–Trinajstić information content (AvgIpc) is 2.81. The Bertz CT molecular complexity index is 731. The van der Waals surface area contributed by atoms with E-state index in [4.69, 9.17) is 0 Å². The van der Waals surface area contributed by atoms with E-state index in [0.717, 1.165) is 63.1 Å². The summed E-state index contributed by atoms with van der Waals surface area (Å²) in [6.45, 7) is 2.16. The third-order valence-electron chi connectivity index (χ3n) is 5.73. The van der Waals surface area contributed by atoms with Crippen molar-refractivity contribution in [2.24, 2.45) is 5.92 Å². The third kappa shape index (κ3) is 3.38. The normalized spacial score (nSPS) is 19.0. The van der Waals surface area contributed by atoms with Crippen LogP contribution in [0.5, 0.6) is 0 Å². The molecule has 136 valence electrons. The average molecular weight is 349 g/mol. The van der Waals surface area contributed by atoms with Crippen LogP contribution in [-0.2, 0) is 17.6 Å². The lowest BCUT2D eigenvalue weighted by Gasteiger charge is -2.30. The van der Waals surface area contributed by atoms with Gasteiger partial charge in [0.1, 0.15) is 5.82 Å². The maximum atomic E-state index is 13.7. The summed E-state index contributed by atoms with van der Waals surface area (Å²) in [5, 5.41) is 0. The van der Waals surface area contributed by atoms with E-state index in [2.05, 4.69) is 41.2 Å². The van der Waals surface area contributed by atoms with Gasteiger partial charge < -0.3 is 4.90 Å². The largest absolute Gasteiger partial charge is 0.306 e. The molecule has 0 aliphatic carbocycles. The summed E-state index contributed by atoms with van der Waals surface area (Å²) in [7, 11) is 2.17. The minimum Gasteiger partial charge on any atom is -0.306 e. The number of nitrogens with zero attached hydrogens (tertiary/aromatic N) is 3. The molecule has 2 aliphatic heterocycles. The number of aryl methyl sites for hydroxylation is 2. The quantitative estimate of drug-likeness (QED) is 0.782. The molecule has 2 aliphatic rings. The number of amides is 1. The maximum Gasteiger partial charge on any atom is 0.235 e. The SMILES string of the molecule is CN1CCCC(C(=O)N2c3ccccc3CCc3cccnc32)CCC1. The summed E-state index contributed by atoms with van der Waals surface area (Å²) in [5.41, 5.74) is 3.43. The van der Waals surface area contributed by atoms with Crippen molar-refractivity contribution in [2.45, 2.75) is 38.5 Å². The van der Waals surface area contributed by atoms with Gasteiger partial charge >= 0.3 is 0 Å². The van der Waals surface area contributed by atoms with Gasteiger partial charge in [-0.3, -0.25) is 9.69 Å². The predicted molar refractivity (Wildman–Crippen MR) is 105 cm³/mol. The highest BCUT2D eigenvalue weighted by Crippen LogP contribution is 2.36. The molecule has 0 unspecified atom stereocenters. The van der Waals surface area contributed by atoms with Crippen LogP contribution in [0.2, 0.25) is 0 Å². The molecule has 1 amide bonds. The van der Waals surface area contributed by atoms with E-state index in [1.165, 1.54) is 11.1 Å².